The Bertz CT molecular complexity index is 1220. The Morgan fingerprint density at radius 2 is 2.03 bits per heavy atom. The highest BCUT2D eigenvalue weighted by Crippen LogP contribution is 2.12. The van der Waals surface area contributed by atoms with E-state index in [4.69, 9.17) is 10.1 Å². The zero-order chi connectivity index (χ0) is 21.3. The number of rotatable bonds is 5. The lowest BCUT2D eigenvalue weighted by molar-refractivity contribution is 0.0369. The fraction of sp³-hybridized carbons (Fsp3) is 0.429. The molecule has 0 atom stereocenters. The molecule has 0 aliphatic carbocycles. The van der Waals surface area contributed by atoms with Crippen molar-refractivity contribution >= 4 is 22.6 Å². The van der Waals surface area contributed by atoms with E-state index in [0.29, 0.717) is 23.2 Å². The molecule has 3 aromatic rings. The van der Waals surface area contributed by atoms with E-state index in [0.717, 1.165) is 44.8 Å². The molecule has 1 aliphatic rings. The molecule has 0 unspecified atom stereocenters. The minimum Gasteiger partial charge on any atom is -0.379 e. The smallest absolute Gasteiger partial charge is 0.267 e. The van der Waals surface area contributed by atoms with E-state index in [2.05, 4.69) is 15.2 Å². The molecule has 1 amide bonds. The van der Waals surface area contributed by atoms with Crippen LogP contribution < -0.4 is 16.4 Å². The van der Waals surface area contributed by atoms with Crippen LogP contribution >= 0.6 is 0 Å². The zero-order valence-corrected chi connectivity index (χ0v) is 17.3. The molecule has 4 heterocycles. The third-order valence-corrected chi connectivity index (χ3v) is 5.49. The Kier molecular flexibility index (Phi) is 5.65. The number of carbonyl (C=O) groups excluding carboxylic acids is 1. The van der Waals surface area contributed by atoms with Crippen LogP contribution in [0.3, 0.4) is 0 Å². The Morgan fingerprint density at radius 1 is 1.27 bits per heavy atom. The first-order valence-electron chi connectivity index (χ1n) is 10.1. The van der Waals surface area contributed by atoms with Gasteiger partial charge in [-0.3, -0.25) is 24.3 Å². The van der Waals surface area contributed by atoms with Gasteiger partial charge in [0.1, 0.15) is 16.8 Å². The highest BCUT2D eigenvalue weighted by molar-refractivity contribution is 5.96. The summed E-state index contributed by atoms with van der Waals surface area (Å²) in [6, 6.07) is 5.18. The number of morpholine rings is 1. The maximum atomic E-state index is 13.2. The average Bonchev–Trinajstić information content (AvgIpc) is 2.76. The van der Waals surface area contributed by atoms with Gasteiger partial charge in [0, 0.05) is 39.4 Å². The van der Waals surface area contributed by atoms with Crippen molar-refractivity contribution in [2.75, 3.05) is 39.9 Å². The molecular weight excluding hydrogens is 384 g/mol. The van der Waals surface area contributed by atoms with Gasteiger partial charge in [-0.25, -0.2) is 4.98 Å². The van der Waals surface area contributed by atoms with Crippen molar-refractivity contribution in [1.82, 2.24) is 24.2 Å². The lowest BCUT2D eigenvalue weighted by Gasteiger charge is -2.26. The summed E-state index contributed by atoms with van der Waals surface area (Å²) in [6.07, 6.45) is 2.51. The molecular formula is C21H26N6O3. The van der Waals surface area contributed by atoms with E-state index >= 15 is 0 Å². The predicted molar refractivity (Wildman–Crippen MR) is 113 cm³/mol. The number of carbonyl (C=O) groups is 1. The number of hydrogen-bond donors (Lipinski definition) is 2. The van der Waals surface area contributed by atoms with Gasteiger partial charge in [0.05, 0.1) is 24.2 Å². The van der Waals surface area contributed by atoms with E-state index < -0.39 is 5.91 Å². The molecule has 1 aliphatic heterocycles. The van der Waals surface area contributed by atoms with Crippen molar-refractivity contribution in [3.05, 3.63) is 51.4 Å². The molecule has 3 aromatic heterocycles. The van der Waals surface area contributed by atoms with Crippen LogP contribution in [-0.2, 0) is 11.3 Å². The molecule has 0 radical (unpaired) electrons. The standard InChI is InChI=1S/C21H26N6O3/c1-14-4-5-17-24-19-16(21(29)27(17)13-14)12-15(20(28)23-2)18(22)26(19)7-3-6-25-8-10-30-11-9-25/h4-5,12-13,22H,3,6-11H2,1-2H3,(H,23,28). The van der Waals surface area contributed by atoms with Crippen LogP contribution in [0, 0.1) is 12.3 Å². The Hall–Kier alpha value is -3.04. The van der Waals surface area contributed by atoms with Crippen molar-refractivity contribution < 1.29 is 9.53 Å². The van der Waals surface area contributed by atoms with Gasteiger partial charge in [-0.2, -0.15) is 0 Å². The fourth-order valence-electron chi connectivity index (χ4n) is 3.85. The molecule has 30 heavy (non-hydrogen) atoms. The van der Waals surface area contributed by atoms with Gasteiger partial charge in [0.2, 0.25) is 0 Å². The number of hydrogen-bond acceptors (Lipinski definition) is 6. The third-order valence-electron chi connectivity index (χ3n) is 5.49. The minimum atomic E-state index is -0.391. The summed E-state index contributed by atoms with van der Waals surface area (Å²) in [5.41, 5.74) is 1.88. The van der Waals surface area contributed by atoms with Gasteiger partial charge < -0.3 is 14.6 Å². The molecule has 9 heteroatoms. The van der Waals surface area contributed by atoms with Gasteiger partial charge in [-0.05, 0) is 31.0 Å². The summed E-state index contributed by atoms with van der Waals surface area (Å²) >= 11 is 0. The molecule has 0 saturated carbocycles. The van der Waals surface area contributed by atoms with Gasteiger partial charge in [-0.15, -0.1) is 0 Å². The summed E-state index contributed by atoms with van der Waals surface area (Å²) in [5, 5.41) is 11.5. The summed E-state index contributed by atoms with van der Waals surface area (Å²) in [5.74, 6) is -0.391. The molecule has 9 nitrogen and oxygen atoms in total. The van der Waals surface area contributed by atoms with Crippen LogP contribution in [0.5, 0.6) is 0 Å². The van der Waals surface area contributed by atoms with Crippen LogP contribution in [0.4, 0.5) is 0 Å². The fourth-order valence-corrected chi connectivity index (χ4v) is 3.85. The lowest BCUT2D eigenvalue weighted by atomic mass is 10.2. The minimum absolute atomic E-state index is 0.0622. The maximum absolute atomic E-state index is 13.2. The number of aromatic nitrogens is 3. The SMILES string of the molecule is CNC(=O)c1cc2c(=O)n3cc(C)ccc3nc2n(CCCN2CCOCC2)c1=N. The first kappa shape index (κ1) is 20.2. The molecule has 158 valence electrons. The van der Waals surface area contributed by atoms with E-state index in [1.165, 1.54) is 17.5 Å². The van der Waals surface area contributed by atoms with Crippen LogP contribution in [0.2, 0.25) is 0 Å². The molecule has 1 fully saturated rings. The second-order valence-corrected chi connectivity index (χ2v) is 7.53. The third kappa shape index (κ3) is 3.73. The number of aryl methyl sites for hydroxylation is 2. The number of amides is 1. The topological polar surface area (TPSA) is 105 Å². The van der Waals surface area contributed by atoms with Gasteiger partial charge >= 0.3 is 0 Å². The monoisotopic (exact) mass is 410 g/mol. The van der Waals surface area contributed by atoms with Crippen molar-refractivity contribution in [2.45, 2.75) is 19.9 Å². The van der Waals surface area contributed by atoms with Crippen molar-refractivity contribution in [2.24, 2.45) is 0 Å². The summed E-state index contributed by atoms with van der Waals surface area (Å²) in [4.78, 5) is 32.6. The van der Waals surface area contributed by atoms with E-state index in [-0.39, 0.29) is 16.6 Å². The molecule has 0 aromatic carbocycles. The van der Waals surface area contributed by atoms with E-state index in [9.17, 15) is 9.59 Å². The van der Waals surface area contributed by atoms with Crippen molar-refractivity contribution in [1.29, 1.82) is 5.41 Å². The lowest BCUT2D eigenvalue weighted by Crippen LogP contribution is -2.38. The van der Waals surface area contributed by atoms with Crippen molar-refractivity contribution in [3.63, 3.8) is 0 Å². The average molecular weight is 410 g/mol. The second kappa shape index (κ2) is 8.37. The maximum Gasteiger partial charge on any atom is 0.267 e. The largest absolute Gasteiger partial charge is 0.379 e. The second-order valence-electron chi connectivity index (χ2n) is 7.53. The molecule has 1 saturated heterocycles. The van der Waals surface area contributed by atoms with Crippen molar-refractivity contribution in [3.8, 4) is 0 Å². The predicted octanol–water partition coefficient (Wildman–Crippen LogP) is 0.519. The Morgan fingerprint density at radius 3 is 2.77 bits per heavy atom. The van der Waals surface area contributed by atoms with Gasteiger partial charge in [0.15, 0.2) is 0 Å². The summed E-state index contributed by atoms with van der Waals surface area (Å²) in [6.45, 7) is 6.50. The number of ether oxygens (including phenoxy) is 1. The zero-order valence-electron chi connectivity index (χ0n) is 17.3. The van der Waals surface area contributed by atoms with E-state index in [1.54, 1.807) is 16.8 Å². The quantitative estimate of drug-likeness (QED) is 0.597. The number of nitrogens with zero attached hydrogens (tertiary/aromatic N) is 4. The van der Waals surface area contributed by atoms with Crippen LogP contribution in [0.25, 0.3) is 16.7 Å². The number of nitrogens with one attached hydrogen (secondary N) is 2. The van der Waals surface area contributed by atoms with Gasteiger partial charge in [-0.1, -0.05) is 6.07 Å². The highest BCUT2D eigenvalue weighted by Gasteiger charge is 2.17. The van der Waals surface area contributed by atoms with Crippen LogP contribution in [-0.4, -0.2) is 64.7 Å². The number of pyridine rings is 2. The highest BCUT2D eigenvalue weighted by atomic mass is 16.5. The van der Waals surface area contributed by atoms with E-state index in [1.807, 2.05) is 13.0 Å². The van der Waals surface area contributed by atoms with Gasteiger partial charge in [0.25, 0.3) is 11.5 Å². The van der Waals surface area contributed by atoms with Crippen LogP contribution in [0.15, 0.2) is 29.2 Å². The summed E-state index contributed by atoms with van der Waals surface area (Å²) < 4.78 is 8.56. The number of fused-ring (bicyclic) bond motifs is 2. The Balaban J connectivity index is 1.82. The first-order chi connectivity index (χ1) is 14.5. The summed E-state index contributed by atoms with van der Waals surface area (Å²) in [7, 11) is 1.52. The molecule has 2 N–H and O–H groups in total. The molecule has 0 spiro atoms. The molecule has 4 rings (SSSR count). The Labute approximate surface area is 173 Å². The normalized spacial score (nSPS) is 15.0. The first-order valence-corrected chi connectivity index (χ1v) is 10.1. The molecule has 0 bridgehead atoms. The van der Waals surface area contributed by atoms with Crippen LogP contribution in [0.1, 0.15) is 22.3 Å².